The molecule has 1 fully saturated rings. The predicted molar refractivity (Wildman–Crippen MR) is 114 cm³/mol. The maximum absolute atomic E-state index is 13.1. The molecule has 1 saturated heterocycles. The van der Waals surface area contributed by atoms with Gasteiger partial charge in [0.1, 0.15) is 12.1 Å². The van der Waals surface area contributed by atoms with Crippen molar-refractivity contribution in [3.05, 3.63) is 35.4 Å². The highest BCUT2D eigenvalue weighted by molar-refractivity contribution is 6.09. The molecule has 1 aliphatic rings. The van der Waals surface area contributed by atoms with Gasteiger partial charge in [-0.3, -0.25) is 14.5 Å². The number of hydrogen-bond acceptors (Lipinski definition) is 3. The summed E-state index contributed by atoms with van der Waals surface area (Å²) in [6, 6.07) is 7.19. The van der Waals surface area contributed by atoms with Crippen LogP contribution in [0, 0.1) is 11.8 Å². The summed E-state index contributed by atoms with van der Waals surface area (Å²) in [6.45, 7) is 15.1. The highest BCUT2D eigenvalue weighted by Gasteiger charge is 2.49. The predicted octanol–water partition coefficient (Wildman–Crippen LogP) is 3.72. The van der Waals surface area contributed by atoms with E-state index in [2.05, 4.69) is 19.2 Å². The third-order valence-corrected chi connectivity index (χ3v) is 5.25. The fourth-order valence-corrected chi connectivity index (χ4v) is 3.63. The second kappa shape index (κ2) is 8.97. The largest absolute Gasteiger partial charge is 0.341 e. The number of benzene rings is 1. The minimum absolute atomic E-state index is 0.199. The molecule has 1 atom stereocenters. The highest BCUT2D eigenvalue weighted by atomic mass is 16.2. The van der Waals surface area contributed by atoms with Gasteiger partial charge in [0.15, 0.2) is 0 Å². The molecule has 0 unspecified atom stereocenters. The van der Waals surface area contributed by atoms with Gasteiger partial charge in [0.2, 0.25) is 5.91 Å². The van der Waals surface area contributed by atoms with Gasteiger partial charge in [-0.15, -0.1) is 0 Å². The van der Waals surface area contributed by atoms with Crippen molar-refractivity contribution in [1.82, 2.24) is 15.1 Å². The standard InChI is InChI=1S/C23H35N3O3/c1-15(2)12-25(13-16(3)4)20(27)14-26-21(28)23(7,24-22(26)29)19-10-8-18(9-11-19)17(5)6/h8-11,15-17H,12-14H2,1-7H3,(H,24,29)/t23-/m1/s1. The van der Waals surface area contributed by atoms with Crippen LogP contribution >= 0.6 is 0 Å². The fraction of sp³-hybridized carbons (Fsp3) is 0.609. The van der Waals surface area contributed by atoms with Crippen LogP contribution in [0.25, 0.3) is 0 Å². The first-order valence-electron chi connectivity index (χ1n) is 10.5. The smallest absolute Gasteiger partial charge is 0.325 e. The van der Waals surface area contributed by atoms with E-state index in [0.29, 0.717) is 30.8 Å². The summed E-state index contributed by atoms with van der Waals surface area (Å²) in [4.78, 5) is 41.4. The van der Waals surface area contributed by atoms with Crippen molar-refractivity contribution < 1.29 is 14.4 Å². The van der Waals surface area contributed by atoms with Gasteiger partial charge in [-0.25, -0.2) is 4.79 Å². The summed E-state index contributed by atoms with van der Waals surface area (Å²) < 4.78 is 0. The molecule has 1 aliphatic heterocycles. The number of imide groups is 1. The molecule has 1 aromatic carbocycles. The fourth-order valence-electron chi connectivity index (χ4n) is 3.63. The zero-order valence-electron chi connectivity index (χ0n) is 18.8. The lowest BCUT2D eigenvalue weighted by Gasteiger charge is -2.28. The van der Waals surface area contributed by atoms with Crippen molar-refractivity contribution >= 4 is 17.8 Å². The molecule has 0 bridgehead atoms. The Morgan fingerprint density at radius 3 is 1.97 bits per heavy atom. The van der Waals surface area contributed by atoms with Crippen molar-refractivity contribution in [2.45, 2.75) is 59.9 Å². The quantitative estimate of drug-likeness (QED) is 0.675. The number of urea groups is 1. The second-order valence-corrected chi connectivity index (χ2v) is 9.31. The van der Waals surface area contributed by atoms with Crippen molar-refractivity contribution in [2.24, 2.45) is 11.8 Å². The lowest BCUT2D eigenvalue weighted by Crippen LogP contribution is -2.46. The van der Waals surface area contributed by atoms with E-state index in [1.807, 2.05) is 52.0 Å². The molecule has 2 rings (SSSR count). The van der Waals surface area contributed by atoms with E-state index in [0.717, 1.165) is 10.5 Å². The number of nitrogens with zero attached hydrogens (tertiary/aromatic N) is 2. The number of carbonyl (C=O) groups excluding carboxylic acids is 3. The normalized spacial score (nSPS) is 19.4. The van der Waals surface area contributed by atoms with Crippen molar-refractivity contribution in [3.63, 3.8) is 0 Å². The first kappa shape index (κ1) is 22.9. The van der Waals surface area contributed by atoms with Crippen LogP contribution in [0.15, 0.2) is 24.3 Å². The first-order chi connectivity index (χ1) is 13.5. The van der Waals surface area contributed by atoms with E-state index in [1.165, 1.54) is 5.56 Å². The van der Waals surface area contributed by atoms with E-state index in [-0.39, 0.29) is 18.4 Å². The van der Waals surface area contributed by atoms with E-state index >= 15 is 0 Å². The average Bonchev–Trinajstić information content (AvgIpc) is 2.84. The Morgan fingerprint density at radius 1 is 1.00 bits per heavy atom. The molecule has 1 aromatic rings. The summed E-state index contributed by atoms with van der Waals surface area (Å²) in [5.74, 6) is 0.418. The minimum Gasteiger partial charge on any atom is -0.341 e. The maximum atomic E-state index is 13.1. The van der Waals surface area contributed by atoms with Gasteiger partial charge >= 0.3 is 6.03 Å². The second-order valence-electron chi connectivity index (χ2n) is 9.31. The van der Waals surface area contributed by atoms with Crippen LogP contribution in [-0.2, 0) is 15.1 Å². The molecule has 6 heteroatoms. The first-order valence-corrected chi connectivity index (χ1v) is 10.5. The summed E-state index contributed by atoms with van der Waals surface area (Å²) in [7, 11) is 0. The summed E-state index contributed by atoms with van der Waals surface area (Å²) in [6.07, 6.45) is 0. The third kappa shape index (κ3) is 5.17. The Balaban J connectivity index is 2.19. The van der Waals surface area contributed by atoms with Gasteiger partial charge < -0.3 is 10.2 Å². The summed E-state index contributed by atoms with van der Waals surface area (Å²) in [5.41, 5.74) is 0.726. The molecule has 160 valence electrons. The number of carbonyl (C=O) groups is 3. The van der Waals surface area contributed by atoms with E-state index in [9.17, 15) is 14.4 Å². The molecule has 6 nitrogen and oxygen atoms in total. The van der Waals surface area contributed by atoms with E-state index in [1.54, 1.807) is 11.8 Å². The van der Waals surface area contributed by atoms with Gasteiger partial charge in [-0.2, -0.15) is 0 Å². The number of nitrogens with one attached hydrogen (secondary N) is 1. The molecule has 0 aliphatic carbocycles. The van der Waals surface area contributed by atoms with Crippen LogP contribution < -0.4 is 5.32 Å². The maximum Gasteiger partial charge on any atom is 0.325 e. The SMILES string of the molecule is CC(C)CN(CC(C)C)C(=O)CN1C(=O)N[C@](C)(c2ccc(C(C)C)cc2)C1=O. The summed E-state index contributed by atoms with van der Waals surface area (Å²) in [5, 5.41) is 2.79. The molecule has 0 spiro atoms. The number of rotatable bonds is 8. The van der Waals surface area contributed by atoms with Crippen molar-refractivity contribution in [1.29, 1.82) is 0 Å². The average molecular weight is 402 g/mol. The molecule has 29 heavy (non-hydrogen) atoms. The van der Waals surface area contributed by atoms with Gasteiger partial charge in [-0.05, 0) is 35.8 Å². The van der Waals surface area contributed by atoms with Crippen LogP contribution in [0.3, 0.4) is 0 Å². The number of hydrogen-bond donors (Lipinski definition) is 1. The van der Waals surface area contributed by atoms with Gasteiger partial charge in [0.25, 0.3) is 5.91 Å². The molecule has 1 heterocycles. The Labute approximate surface area is 174 Å². The molecule has 0 saturated carbocycles. The van der Waals surface area contributed by atoms with E-state index < -0.39 is 11.6 Å². The Kier molecular flexibility index (Phi) is 7.09. The zero-order chi connectivity index (χ0) is 21.9. The Bertz CT molecular complexity index is 745. The van der Waals surface area contributed by atoms with Crippen LogP contribution in [0.5, 0.6) is 0 Å². The van der Waals surface area contributed by atoms with Crippen LogP contribution in [0.1, 0.15) is 65.5 Å². The van der Waals surface area contributed by atoms with Gasteiger partial charge in [-0.1, -0.05) is 65.8 Å². The van der Waals surface area contributed by atoms with E-state index in [4.69, 9.17) is 0 Å². The minimum atomic E-state index is -1.16. The third-order valence-electron chi connectivity index (χ3n) is 5.25. The topological polar surface area (TPSA) is 69.7 Å². The lowest BCUT2D eigenvalue weighted by molar-refractivity contribution is -0.139. The molecule has 0 radical (unpaired) electrons. The van der Waals surface area contributed by atoms with Crippen molar-refractivity contribution in [2.75, 3.05) is 19.6 Å². The number of amides is 4. The highest BCUT2D eigenvalue weighted by Crippen LogP contribution is 2.30. The lowest BCUT2D eigenvalue weighted by atomic mass is 9.90. The van der Waals surface area contributed by atoms with Gasteiger partial charge in [0, 0.05) is 13.1 Å². The Hall–Kier alpha value is -2.37. The van der Waals surface area contributed by atoms with Crippen molar-refractivity contribution in [3.8, 4) is 0 Å². The molecule has 1 N–H and O–H groups in total. The van der Waals surface area contributed by atoms with Crippen LogP contribution in [-0.4, -0.2) is 47.3 Å². The van der Waals surface area contributed by atoms with Crippen LogP contribution in [0.4, 0.5) is 4.79 Å². The van der Waals surface area contributed by atoms with Crippen LogP contribution in [0.2, 0.25) is 0 Å². The zero-order valence-corrected chi connectivity index (χ0v) is 18.8. The van der Waals surface area contributed by atoms with Gasteiger partial charge in [0.05, 0.1) is 0 Å². The summed E-state index contributed by atoms with van der Waals surface area (Å²) >= 11 is 0. The Morgan fingerprint density at radius 2 is 1.52 bits per heavy atom. The monoisotopic (exact) mass is 401 g/mol. The molecular weight excluding hydrogens is 366 g/mol. The molecule has 0 aromatic heterocycles. The molecular formula is C23H35N3O3. The molecule has 4 amide bonds.